The van der Waals surface area contributed by atoms with E-state index in [-0.39, 0.29) is 11.0 Å². The highest BCUT2D eigenvalue weighted by molar-refractivity contribution is 6.30. The first-order valence-electron chi connectivity index (χ1n) is 7.52. The van der Waals surface area contributed by atoms with Crippen molar-refractivity contribution in [2.75, 3.05) is 13.6 Å². The van der Waals surface area contributed by atoms with E-state index in [4.69, 9.17) is 17.3 Å². The van der Waals surface area contributed by atoms with Gasteiger partial charge in [0.15, 0.2) is 0 Å². The summed E-state index contributed by atoms with van der Waals surface area (Å²) in [7, 11) is 2.22. The van der Waals surface area contributed by atoms with Crippen LogP contribution in [0.25, 0.3) is 0 Å². The van der Waals surface area contributed by atoms with E-state index >= 15 is 0 Å². The topological polar surface area (TPSA) is 29.3 Å². The van der Waals surface area contributed by atoms with Crippen molar-refractivity contribution < 1.29 is 0 Å². The van der Waals surface area contributed by atoms with Crippen LogP contribution in [0.15, 0.2) is 24.3 Å². The van der Waals surface area contributed by atoms with Crippen molar-refractivity contribution in [3.63, 3.8) is 0 Å². The van der Waals surface area contributed by atoms with Crippen molar-refractivity contribution in [1.82, 2.24) is 4.90 Å². The molecule has 1 aromatic rings. The number of nitrogens with zero attached hydrogens (tertiary/aromatic N) is 1. The molecule has 1 fully saturated rings. The molecule has 20 heavy (non-hydrogen) atoms. The first-order chi connectivity index (χ1) is 9.34. The lowest BCUT2D eigenvalue weighted by Crippen LogP contribution is -2.58. The molecule has 0 aromatic heterocycles. The Bertz CT molecular complexity index is 455. The zero-order valence-corrected chi connectivity index (χ0v) is 13.9. The van der Waals surface area contributed by atoms with E-state index < -0.39 is 0 Å². The Balaban J connectivity index is 2.29. The molecule has 112 valence electrons. The first-order valence-corrected chi connectivity index (χ1v) is 7.90. The summed E-state index contributed by atoms with van der Waals surface area (Å²) in [5.74, 6) is 0. The fourth-order valence-corrected chi connectivity index (χ4v) is 4.03. The van der Waals surface area contributed by atoms with Crippen molar-refractivity contribution in [3.05, 3.63) is 34.9 Å². The van der Waals surface area contributed by atoms with Crippen molar-refractivity contribution in [1.29, 1.82) is 0 Å². The van der Waals surface area contributed by atoms with Crippen LogP contribution >= 0.6 is 11.6 Å². The number of halogens is 1. The number of hydrogen-bond acceptors (Lipinski definition) is 2. The molecule has 2 nitrogen and oxygen atoms in total. The van der Waals surface area contributed by atoms with Gasteiger partial charge in [0.2, 0.25) is 0 Å². The SMILES string of the molecule is CC(c1ccc(Cl)cc1)N(C)C1(CN)CCCC1(C)C. The Morgan fingerprint density at radius 3 is 2.30 bits per heavy atom. The number of nitrogens with two attached hydrogens (primary N) is 1. The average molecular weight is 295 g/mol. The zero-order valence-electron chi connectivity index (χ0n) is 13.1. The second kappa shape index (κ2) is 5.67. The van der Waals surface area contributed by atoms with Gasteiger partial charge in [-0.15, -0.1) is 0 Å². The molecule has 0 aliphatic heterocycles. The monoisotopic (exact) mass is 294 g/mol. The van der Waals surface area contributed by atoms with Gasteiger partial charge in [-0.3, -0.25) is 4.90 Å². The molecule has 2 rings (SSSR count). The predicted octanol–water partition coefficient (Wildman–Crippen LogP) is 4.24. The van der Waals surface area contributed by atoms with Crippen LogP contribution in [0.3, 0.4) is 0 Å². The molecule has 1 aliphatic carbocycles. The largest absolute Gasteiger partial charge is 0.329 e. The summed E-state index contributed by atoms with van der Waals surface area (Å²) in [5, 5.41) is 0.790. The smallest absolute Gasteiger partial charge is 0.0406 e. The minimum absolute atomic E-state index is 0.0893. The van der Waals surface area contributed by atoms with Crippen LogP contribution in [-0.2, 0) is 0 Å². The van der Waals surface area contributed by atoms with Crippen molar-refractivity contribution in [2.24, 2.45) is 11.1 Å². The van der Waals surface area contributed by atoms with Gasteiger partial charge >= 0.3 is 0 Å². The summed E-state index contributed by atoms with van der Waals surface area (Å²) in [6.45, 7) is 7.69. The summed E-state index contributed by atoms with van der Waals surface area (Å²) in [5.41, 5.74) is 7.87. The Morgan fingerprint density at radius 2 is 1.85 bits per heavy atom. The van der Waals surface area contributed by atoms with Gasteiger partial charge in [0, 0.05) is 23.1 Å². The molecule has 0 heterocycles. The molecule has 0 bridgehead atoms. The highest BCUT2D eigenvalue weighted by Crippen LogP contribution is 2.50. The lowest BCUT2D eigenvalue weighted by atomic mass is 9.73. The summed E-state index contributed by atoms with van der Waals surface area (Å²) >= 11 is 5.99. The molecule has 0 saturated heterocycles. The van der Waals surface area contributed by atoms with E-state index in [0.29, 0.717) is 12.6 Å². The van der Waals surface area contributed by atoms with Crippen LogP contribution in [0.1, 0.15) is 51.6 Å². The quantitative estimate of drug-likeness (QED) is 0.900. The molecule has 0 amide bonds. The molecule has 1 saturated carbocycles. The van der Waals surface area contributed by atoms with Crippen LogP contribution < -0.4 is 5.73 Å². The number of benzene rings is 1. The Kier molecular flexibility index (Phi) is 4.48. The molecule has 2 unspecified atom stereocenters. The normalized spacial score (nSPS) is 26.9. The van der Waals surface area contributed by atoms with Gasteiger partial charge in [0.1, 0.15) is 0 Å². The van der Waals surface area contributed by atoms with Crippen molar-refractivity contribution in [2.45, 2.75) is 51.6 Å². The lowest BCUT2D eigenvalue weighted by Gasteiger charge is -2.50. The number of rotatable bonds is 4. The van der Waals surface area contributed by atoms with Crippen LogP contribution in [-0.4, -0.2) is 24.0 Å². The van der Waals surface area contributed by atoms with Gasteiger partial charge in [0.05, 0.1) is 0 Å². The number of likely N-dealkylation sites (N-methyl/N-ethyl adjacent to an activating group) is 1. The maximum atomic E-state index is 6.22. The molecule has 2 N–H and O–H groups in total. The molecular weight excluding hydrogens is 268 g/mol. The van der Waals surface area contributed by atoms with Gasteiger partial charge in [-0.2, -0.15) is 0 Å². The lowest BCUT2D eigenvalue weighted by molar-refractivity contribution is 0.00594. The van der Waals surface area contributed by atoms with E-state index in [2.05, 4.69) is 44.9 Å². The summed E-state index contributed by atoms with van der Waals surface area (Å²) in [6.07, 6.45) is 3.70. The van der Waals surface area contributed by atoms with Crippen LogP contribution in [0.2, 0.25) is 5.02 Å². The Labute approximate surface area is 128 Å². The maximum absolute atomic E-state index is 6.22. The predicted molar refractivity (Wildman–Crippen MR) is 87.0 cm³/mol. The van der Waals surface area contributed by atoms with E-state index in [1.807, 2.05) is 12.1 Å². The first kappa shape index (κ1) is 15.8. The Hall–Kier alpha value is -0.570. The van der Waals surface area contributed by atoms with E-state index in [1.54, 1.807) is 0 Å². The third-order valence-corrected chi connectivity index (χ3v) is 5.85. The molecule has 2 atom stereocenters. The molecule has 0 spiro atoms. The van der Waals surface area contributed by atoms with E-state index in [1.165, 1.54) is 24.8 Å². The van der Waals surface area contributed by atoms with E-state index in [9.17, 15) is 0 Å². The van der Waals surface area contributed by atoms with Crippen LogP contribution in [0.5, 0.6) is 0 Å². The second-order valence-corrected chi connectivity index (χ2v) is 7.25. The summed E-state index contributed by atoms with van der Waals surface area (Å²) in [4.78, 5) is 2.49. The summed E-state index contributed by atoms with van der Waals surface area (Å²) < 4.78 is 0. The van der Waals surface area contributed by atoms with Crippen LogP contribution in [0, 0.1) is 5.41 Å². The van der Waals surface area contributed by atoms with Gasteiger partial charge < -0.3 is 5.73 Å². The fourth-order valence-electron chi connectivity index (χ4n) is 3.91. The molecule has 0 radical (unpaired) electrons. The van der Waals surface area contributed by atoms with Crippen molar-refractivity contribution >= 4 is 11.6 Å². The third-order valence-electron chi connectivity index (χ3n) is 5.60. The highest BCUT2D eigenvalue weighted by Gasteiger charge is 2.51. The molecule has 3 heteroatoms. The molecule has 1 aromatic carbocycles. The van der Waals surface area contributed by atoms with Gasteiger partial charge in [-0.25, -0.2) is 0 Å². The summed E-state index contributed by atoms with van der Waals surface area (Å²) in [6, 6.07) is 8.52. The van der Waals surface area contributed by atoms with Gasteiger partial charge in [-0.05, 0) is 49.9 Å². The molecular formula is C17H27ClN2. The average Bonchev–Trinajstić information content (AvgIpc) is 2.73. The van der Waals surface area contributed by atoms with Gasteiger partial charge in [0.25, 0.3) is 0 Å². The minimum Gasteiger partial charge on any atom is -0.329 e. The number of hydrogen-bond donors (Lipinski definition) is 1. The third kappa shape index (κ3) is 2.49. The highest BCUT2D eigenvalue weighted by atomic mass is 35.5. The maximum Gasteiger partial charge on any atom is 0.0406 e. The van der Waals surface area contributed by atoms with Gasteiger partial charge in [-0.1, -0.05) is 44.0 Å². The minimum atomic E-state index is 0.0893. The standard InChI is InChI=1S/C17H27ClN2/c1-13(14-6-8-15(18)9-7-14)20(4)17(12-19)11-5-10-16(17,2)3/h6-9,13H,5,10-12,19H2,1-4H3. The second-order valence-electron chi connectivity index (χ2n) is 6.81. The van der Waals surface area contributed by atoms with Crippen LogP contribution in [0.4, 0.5) is 0 Å². The Morgan fingerprint density at radius 1 is 1.25 bits per heavy atom. The zero-order chi connectivity index (χ0) is 15.0. The van der Waals surface area contributed by atoms with Crippen molar-refractivity contribution in [3.8, 4) is 0 Å². The fraction of sp³-hybridized carbons (Fsp3) is 0.647. The molecule has 1 aliphatic rings. The van der Waals surface area contributed by atoms with E-state index in [0.717, 1.165) is 5.02 Å².